The van der Waals surface area contributed by atoms with Crippen LogP contribution in [-0.4, -0.2) is 15.3 Å². The molecule has 1 aromatic carbocycles. The second-order valence-electron chi connectivity index (χ2n) is 2.41. The zero-order valence-electron chi connectivity index (χ0n) is 6.44. The van der Waals surface area contributed by atoms with Gasteiger partial charge in [-0.2, -0.15) is 0 Å². The molecule has 0 unspecified atom stereocenters. The molecular formula is C8H5BrN2O2. The minimum absolute atomic E-state index is 0.173. The summed E-state index contributed by atoms with van der Waals surface area (Å²) in [6, 6.07) is 6.62. The molecule has 1 aromatic heterocycles. The van der Waals surface area contributed by atoms with Crippen molar-refractivity contribution in [1.29, 1.82) is 0 Å². The van der Waals surface area contributed by atoms with E-state index in [9.17, 15) is 5.11 Å². The molecule has 4 nitrogen and oxygen atoms in total. The number of rotatable bonds is 1. The van der Waals surface area contributed by atoms with Crippen LogP contribution in [-0.2, 0) is 0 Å². The van der Waals surface area contributed by atoms with Crippen LogP contribution < -0.4 is 0 Å². The average molecular weight is 241 g/mol. The quantitative estimate of drug-likeness (QED) is 0.831. The van der Waals surface area contributed by atoms with Crippen molar-refractivity contribution in [2.75, 3.05) is 0 Å². The fourth-order valence-corrected chi connectivity index (χ4v) is 1.19. The Kier molecular flexibility index (Phi) is 2.02. The van der Waals surface area contributed by atoms with E-state index in [4.69, 9.17) is 4.42 Å². The zero-order chi connectivity index (χ0) is 9.26. The highest BCUT2D eigenvalue weighted by molar-refractivity contribution is 9.10. The number of phenols is 1. The second kappa shape index (κ2) is 3.18. The van der Waals surface area contributed by atoms with Gasteiger partial charge in [-0.05, 0) is 18.2 Å². The Balaban J connectivity index is 2.46. The van der Waals surface area contributed by atoms with Gasteiger partial charge in [0.15, 0.2) is 0 Å². The van der Waals surface area contributed by atoms with Crippen molar-refractivity contribution >= 4 is 15.9 Å². The van der Waals surface area contributed by atoms with Crippen molar-refractivity contribution < 1.29 is 9.52 Å². The van der Waals surface area contributed by atoms with Crippen LogP contribution in [0.1, 0.15) is 0 Å². The maximum absolute atomic E-state index is 9.18. The fourth-order valence-electron chi connectivity index (χ4n) is 0.961. The second-order valence-corrected chi connectivity index (χ2v) is 3.09. The molecule has 1 N–H and O–H groups in total. The lowest BCUT2D eigenvalue weighted by Crippen LogP contribution is -1.76. The van der Waals surface area contributed by atoms with E-state index in [1.807, 2.05) is 0 Å². The molecule has 0 amide bonds. The largest absolute Gasteiger partial charge is 0.508 e. The Hall–Kier alpha value is -1.36. The first kappa shape index (κ1) is 8.25. The van der Waals surface area contributed by atoms with Gasteiger partial charge in [0.2, 0.25) is 5.89 Å². The predicted octanol–water partition coefficient (Wildman–Crippen LogP) is 2.20. The van der Waals surface area contributed by atoms with Crippen LogP contribution in [0.25, 0.3) is 11.5 Å². The third kappa shape index (κ3) is 1.70. The van der Waals surface area contributed by atoms with Crippen LogP contribution in [0.2, 0.25) is 0 Å². The summed E-state index contributed by atoms with van der Waals surface area (Å²) >= 11 is 3.05. The minimum Gasteiger partial charge on any atom is -0.508 e. The van der Waals surface area contributed by atoms with E-state index in [-0.39, 0.29) is 5.75 Å². The van der Waals surface area contributed by atoms with E-state index >= 15 is 0 Å². The summed E-state index contributed by atoms with van der Waals surface area (Å²) in [6.07, 6.45) is 0. The molecule has 0 aliphatic carbocycles. The van der Waals surface area contributed by atoms with Gasteiger partial charge in [0.05, 0.1) is 0 Å². The van der Waals surface area contributed by atoms with E-state index in [1.54, 1.807) is 24.3 Å². The van der Waals surface area contributed by atoms with Gasteiger partial charge in [0.1, 0.15) is 5.75 Å². The number of phenolic OH excluding ortho intramolecular Hbond substituents is 1. The first-order chi connectivity index (χ1) is 6.25. The topological polar surface area (TPSA) is 59.2 Å². The van der Waals surface area contributed by atoms with E-state index < -0.39 is 0 Å². The van der Waals surface area contributed by atoms with Crippen molar-refractivity contribution in [2.24, 2.45) is 0 Å². The fraction of sp³-hybridized carbons (Fsp3) is 0. The lowest BCUT2D eigenvalue weighted by molar-refractivity contribution is 0.475. The third-order valence-electron chi connectivity index (χ3n) is 1.49. The van der Waals surface area contributed by atoms with Crippen LogP contribution in [0.15, 0.2) is 33.5 Å². The molecule has 0 bridgehead atoms. The molecule has 2 aromatic rings. The average Bonchev–Trinajstić information content (AvgIpc) is 2.52. The lowest BCUT2D eigenvalue weighted by Gasteiger charge is -1.94. The number of hydrogen-bond donors (Lipinski definition) is 1. The van der Waals surface area contributed by atoms with Gasteiger partial charge in [-0.1, -0.05) is 6.07 Å². The summed E-state index contributed by atoms with van der Waals surface area (Å²) in [5.74, 6) is 0.551. The zero-order valence-corrected chi connectivity index (χ0v) is 8.02. The van der Waals surface area contributed by atoms with Gasteiger partial charge in [0, 0.05) is 21.5 Å². The predicted molar refractivity (Wildman–Crippen MR) is 49.1 cm³/mol. The molecule has 5 heteroatoms. The molecule has 13 heavy (non-hydrogen) atoms. The van der Waals surface area contributed by atoms with Crippen molar-refractivity contribution in [1.82, 2.24) is 10.2 Å². The molecule has 0 fully saturated rings. The first-order valence-corrected chi connectivity index (χ1v) is 4.33. The maximum atomic E-state index is 9.18. The highest BCUT2D eigenvalue weighted by Gasteiger charge is 2.06. The molecule has 0 saturated carbocycles. The summed E-state index contributed by atoms with van der Waals surface area (Å²) in [7, 11) is 0. The summed E-state index contributed by atoms with van der Waals surface area (Å²) < 4.78 is 5.11. The molecule has 2 rings (SSSR count). The number of benzene rings is 1. The highest BCUT2D eigenvalue weighted by atomic mass is 79.9. The minimum atomic E-state index is 0.173. The SMILES string of the molecule is Oc1cccc(-c2nnc(Br)o2)c1. The van der Waals surface area contributed by atoms with Gasteiger partial charge in [0.25, 0.3) is 4.80 Å². The number of halogens is 1. The number of aromatic hydroxyl groups is 1. The van der Waals surface area contributed by atoms with E-state index in [0.717, 1.165) is 0 Å². The Bertz CT molecular complexity index is 428. The van der Waals surface area contributed by atoms with Gasteiger partial charge in [-0.25, -0.2) is 0 Å². The van der Waals surface area contributed by atoms with E-state index in [1.165, 1.54) is 0 Å². The summed E-state index contributed by atoms with van der Waals surface area (Å²) in [5, 5.41) is 16.6. The lowest BCUT2D eigenvalue weighted by atomic mass is 10.2. The summed E-state index contributed by atoms with van der Waals surface area (Å²) in [5.41, 5.74) is 0.693. The number of nitrogens with zero attached hydrogens (tertiary/aromatic N) is 2. The van der Waals surface area contributed by atoms with Gasteiger partial charge >= 0.3 is 0 Å². The van der Waals surface area contributed by atoms with Crippen molar-refractivity contribution in [3.8, 4) is 17.2 Å². The van der Waals surface area contributed by atoms with E-state index in [2.05, 4.69) is 26.1 Å². The van der Waals surface area contributed by atoms with E-state index in [0.29, 0.717) is 16.3 Å². The third-order valence-corrected chi connectivity index (χ3v) is 1.81. The Morgan fingerprint density at radius 1 is 1.31 bits per heavy atom. The van der Waals surface area contributed by atoms with Gasteiger partial charge < -0.3 is 9.52 Å². The molecule has 1 heterocycles. The summed E-state index contributed by atoms with van der Waals surface area (Å²) in [4.78, 5) is 0.325. The Morgan fingerprint density at radius 2 is 2.15 bits per heavy atom. The van der Waals surface area contributed by atoms with Gasteiger partial charge in [-0.3, -0.25) is 0 Å². The molecular weight excluding hydrogens is 236 g/mol. The molecule has 0 atom stereocenters. The maximum Gasteiger partial charge on any atom is 0.285 e. The number of aromatic nitrogens is 2. The van der Waals surface area contributed by atoms with Crippen LogP contribution >= 0.6 is 15.9 Å². The molecule has 66 valence electrons. The normalized spacial score (nSPS) is 10.2. The Labute approximate surface area is 82.4 Å². The highest BCUT2D eigenvalue weighted by Crippen LogP contribution is 2.22. The molecule has 0 aliphatic rings. The molecule has 0 aliphatic heterocycles. The van der Waals surface area contributed by atoms with Crippen molar-refractivity contribution in [3.05, 3.63) is 29.1 Å². The molecule has 0 radical (unpaired) electrons. The van der Waals surface area contributed by atoms with Crippen molar-refractivity contribution in [2.45, 2.75) is 0 Å². The Morgan fingerprint density at radius 3 is 2.77 bits per heavy atom. The summed E-state index contributed by atoms with van der Waals surface area (Å²) in [6.45, 7) is 0. The number of hydrogen-bond acceptors (Lipinski definition) is 4. The van der Waals surface area contributed by atoms with Crippen molar-refractivity contribution in [3.63, 3.8) is 0 Å². The van der Waals surface area contributed by atoms with Gasteiger partial charge in [-0.15, -0.1) is 10.2 Å². The van der Waals surface area contributed by atoms with Crippen LogP contribution in [0, 0.1) is 0 Å². The monoisotopic (exact) mass is 240 g/mol. The van der Waals surface area contributed by atoms with Crippen LogP contribution in [0.5, 0.6) is 5.75 Å². The smallest absolute Gasteiger partial charge is 0.285 e. The standard InChI is InChI=1S/C8H5BrN2O2/c9-8-11-10-7(13-8)5-2-1-3-6(12)4-5/h1-4,12H. The van der Waals surface area contributed by atoms with Crippen LogP contribution in [0.3, 0.4) is 0 Å². The molecule has 0 spiro atoms. The first-order valence-electron chi connectivity index (χ1n) is 3.54. The molecule has 0 saturated heterocycles. The van der Waals surface area contributed by atoms with Crippen LogP contribution in [0.4, 0.5) is 0 Å².